The minimum absolute atomic E-state index is 0.0932. The molecule has 2 aromatic rings. The number of hydrazone groups is 1. The zero-order valence-corrected chi connectivity index (χ0v) is 15.3. The molecule has 0 radical (unpaired) electrons. The van der Waals surface area contributed by atoms with Crippen LogP contribution in [0, 0.1) is 0 Å². The molecule has 0 saturated heterocycles. The molecule has 2 aromatic carbocycles. The summed E-state index contributed by atoms with van der Waals surface area (Å²) in [6, 6.07) is 9.28. The minimum atomic E-state index is -0.667. The van der Waals surface area contributed by atoms with Crippen LogP contribution in [0.1, 0.15) is 31.8 Å². The van der Waals surface area contributed by atoms with E-state index in [9.17, 15) is 19.5 Å². The van der Waals surface area contributed by atoms with E-state index in [0.717, 1.165) is 6.08 Å². The van der Waals surface area contributed by atoms with Crippen molar-refractivity contribution < 1.29 is 24.7 Å². The lowest BCUT2D eigenvalue weighted by molar-refractivity contribution is -0.124. The number of halogens is 1. The average molecular weight is 432 g/mol. The summed E-state index contributed by atoms with van der Waals surface area (Å²) in [6.07, 6.45) is 4.33. The molecular weight excluding hydrogens is 418 g/mol. The molecule has 138 valence electrons. The van der Waals surface area contributed by atoms with Crippen molar-refractivity contribution in [2.24, 2.45) is 5.10 Å². The Bertz CT molecular complexity index is 923. The van der Waals surface area contributed by atoms with E-state index in [1.165, 1.54) is 36.0 Å². The van der Waals surface area contributed by atoms with Gasteiger partial charge < -0.3 is 5.11 Å². The summed E-state index contributed by atoms with van der Waals surface area (Å²) >= 11 is 3.22. The maximum Gasteiger partial charge on any atom is 0.271 e. The number of nitrogens with one attached hydrogen (secondary N) is 2. The molecule has 0 aliphatic rings. The van der Waals surface area contributed by atoms with Gasteiger partial charge in [-0.3, -0.25) is 19.6 Å². The zero-order chi connectivity index (χ0) is 19.8. The van der Waals surface area contributed by atoms with E-state index in [-0.39, 0.29) is 16.9 Å². The molecule has 0 unspecified atom stereocenters. The number of benzene rings is 2. The van der Waals surface area contributed by atoms with Crippen LogP contribution in [-0.4, -0.2) is 34.6 Å². The maximum absolute atomic E-state index is 12.1. The molecule has 0 atom stereocenters. The Labute approximate surface area is 162 Å². The summed E-state index contributed by atoms with van der Waals surface area (Å²) in [6.45, 7) is 0. The number of carbonyl (C=O) groups excluding carboxylic acids is 3. The van der Waals surface area contributed by atoms with Gasteiger partial charge in [-0.15, -0.1) is 0 Å². The van der Waals surface area contributed by atoms with E-state index < -0.39 is 11.8 Å². The van der Waals surface area contributed by atoms with E-state index in [2.05, 4.69) is 26.5 Å². The normalized spacial score (nSPS) is 10.9. The quantitative estimate of drug-likeness (QED) is 0.183. The van der Waals surface area contributed by atoms with Gasteiger partial charge in [0.2, 0.25) is 0 Å². The Kier molecular flexibility index (Phi) is 6.98. The second-order valence-corrected chi connectivity index (χ2v) is 6.10. The van der Waals surface area contributed by atoms with E-state index in [1.54, 1.807) is 18.2 Å². The summed E-state index contributed by atoms with van der Waals surface area (Å²) in [5.74, 6) is -1.39. The van der Waals surface area contributed by atoms with Crippen LogP contribution in [0.2, 0.25) is 0 Å². The molecule has 0 saturated carbocycles. The fourth-order valence-corrected chi connectivity index (χ4v) is 2.50. The number of phenols is 1. The van der Waals surface area contributed by atoms with Crippen LogP contribution in [0.4, 0.5) is 0 Å². The van der Waals surface area contributed by atoms with Gasteiger partial charge in [0.15, 0.2) is 6.29 Å². The van der Waals surface area contributed by atoms with Crippen molar-refractivity contribution in [3.8, 4) is 5.75 Å². The third-order valence-electron chi connectivity index (χ3n) is 3.34. The number of aromatic hydroxyl groups is 1. The number of hydrogen-bond donors (Lipinski definition) is 4. The highest BCUT2D eigenvalue weighted by atomic mass is 79.9. The Morgan fingerprint density at radius 2 is 1.78 bits per heavy atom. The van der Waals surface area contributed by atoms with E-state index in [4.69, 9.17) is 5.21 Å². The first-order valence-corrected chi connectivity index (χ1v) is 8.27. The van der Waals surface area contributed by atoms with Crippen molar-refractivity contribution in [1.82, 2.24) is 10.9 Å². The van der Waals surface area contributed by atoms with Gasteiger partial charge in [0.25, 0.3) is 11.8 Å². The van der Waals surface area contributed by atoms with E-state index >= 15 is 0 Å². The van der Waals surface area contributed by atoms with Gasteiger partial charge in [0.05, 0.1) is 11.8 Å². The molecule has 0 spiro atoms. The van der Waals surface area contributed by atoms with Gasteiger partial charge in [-0.1, -0.05) is 28.1 Å². The number of amides is 2. The van der Waals surface area contributed by atoms with E-state index in [1.807, 2.05) is 0 Å². The molecule has 0 bridgehead atoms. The van der Waals surface area contributed by atoms with Gasteiger partial charge in [0, 0.05) is 21.7 Å². The molecule has 2 rings (SSSR count). The molecule has 0 aromatic heterocycles. The van der Waals surface area contributed by atoms with Crippen molar-refractivity contribution in [3.63, 3.8) is 0 Å². The highest BCUT2D eigenvalue weighted by molar-refractivity contribution is 9.10. The number of nitrogens with zero attached hydrogens (tertiary/aromatic N) is 1. The second-order valence-electron chi connectivity index (χ2n) is 5.18. The van der Waals surface area contributed by atoms with Crippen LogP contribution < -0.4 is 10.9 Å². The van der Waals surface area contributed by atoms with Gasteiger partial charge in [0.1, 0.15) is 5.75 Å². The van der Waals surface area contributed by atoms with Crippen molar-refractivity contribution in [1.29, 1.82) is 0 Å². The summed E-state index contributed by atoms with van der Waals surface area (Å²) < 4.78 is 0.577. The average Bonchev–Trinajstić information content (AvgIpc) is 2.68. The number of hydrogen-bond acceptors (Lipinski definition) is 6. The fourth-order valence-electron chi connectivity index (χ4n) is 2.01. The van der Waals surface area contributed by atoms with Crippen LogP contribution >= 0.6 is 15.9 Å². The standard InChI is InChI=1S/C18H14BrN3O5/c19-15-7-13(17(25)14(8-15)10-23)9-20-21-18(26)12-4-1-11(2-5-12)3-6-16(24)22-27/h1-10,25,27H,(H,21,26)(H,22,24)/b6-3+,20-9+. The zero-order valence-electron chi connectivity index (χ0n) is 13.7. The topological polar surface area (TPSA) is 128 Å². The Morgan fingerprint density at radius 1 is 1.11 bits per heavy atom. The highest BCUT2D eigenvalue weighted by Crippen LogP contribution is 2.24. The first-order chi connectivity index (χ1) is 12.9. The molecule has 8 nitrogen and oxygen atoms in total. The molecule has 4 N–H and O–H groups in total. The molecule has 0 aliphatic heterocycles. The van der Waals surface area contributed by atoms with Gasteiger partial charge in [-0.05, 0) is 35.9 Å². The first-order valence-electron chi connectivity index (χ1n) is 7.48. The number of aldehydes is 1. The summed E-state index contributed by atoms with van der Waals surface area (Å²) in [7, 11) is 0. The molecule has 9 heteroatoms. The third kappa shape index (κ3) is 5.59. The molecule has 0 aliphatic carbocycles. The van der Waals surface area contributed by atoms with Crippen LogP contribution in [-0.2, 0) is 4.79 Å². The van der Waals surface area contributed by atoms with Crippen LogP contribution in [0.3, 0.4) is 0 Å². The lowest BCUT2D eigenvalue weighted by atomic mass is 10.1. The lowest BCUT2D eigenvalue weighted by Gasteiger charge is -2.04. The smallest absolute Gasteiger partial charge is 0.271 e. The van der Waals surface area contributed by atoms with Crippen LogP contribution in [0.15, 0.2) is 52.0 Å². The van der Waals surface area contributed by atoms with Crippen molar-refractivity contribution in [3.05, 3.63) is 69.2 Å². The number of hydroxylamine groups is 1. The Hall–Kier alpha value is -3.30. The van der Waals surface area contributed by atoms with Crippen molar-refractivity contribution >= 4 is 46.3 Å². The minimum Gasteiger partial charge on any atom is -0.507 e. The predicted octanol–water partition coefficient (Wildman–Crippen LogP) is 2.25. The van der Waals surface area contributed by atoms with Gasteiger partial charge in [-0.2, -0.15) is 5.10 Å². The second kappa shape index (κ2) is 9.41. The summed E-state index contributed by atoms with van der Waals surface area (Å²) in [4.78, 5) is 33.9. The molecular formula is C18H14BrN3O5. The summed E-state index contributed by atoms with van der Waals surface area (Å²) in [5.41, 5.74) is 5.11. The first kappa shape index (κ1) is 20.0. The van der Waals surface area contributed by atoms with Crippen molar-refractivity contribution in [2.75, 3.05) is 0 Å². The lowest BCUT2D eigenvalue weighted by Crippen LogP contribution is -2.17. The monoisotopic (exact) mass is 431 g/mol. The van der Waals surface area contributed by atoms with E-state index in [0.29, 0.717) is 21.9 Å². The van der Waals surface area contributed by atoms with Crippen LogP contribution in [0.25, 0.3) is 6.08 Å². The predicted molar refractivity (Wildman–Crippen MR) is 102 cm³/mol. The van der Waals surface area contributed by atoms with Gasteiger partial charge >= 0.3 is 0 Å². The maximum atomic E-state index is 12.1. The molecule has 0 fully saturated rings. The van der Waals surface area contributed by atoms with Gasteiger partial charge in [-0.25, -0.2) is 10.9 Å². The SMILES string of the molecule is O=Cc1cc(Br)cc(/C=N/NC(=O)c2ccc(/C=C/C(=O)NO)cc2)c1O. The summed E-state index contributed by atoms with van der Waals surface area (Å²) in [5, 5.41) is 22.1. The number of rotatable bonds is 6. The number of carbonyl (C=O) groups is 3. The fraction of sp³-hybridized carbons (Fsp3) is 0. The highest BCUT2D eigenvalue weighted by Gasteiger charge is 2.08. The Morgan fingerprint density at radius 3 is 2.41 bits per heavy atom. The molecule has 27 heavy (non-hydrogen) atoms. The van der Waals surface area contributed by atoms with Crippen LogP contribution in [0.5, 0.6) is 5.75 Å². The molecule has 0 heterocycles. The third-order valence-corrected chi connectivity index (χ3v) is 3.80. The largest absolute Gasteiger partial charge is 0.507 e. The molecule has 2 amide bonds. The van der Waals surface area contributed by atoms with Crippen molar-refractivity contribution in [2.45, 2.75) is 0 Å². The Balaban J connectivity index is 2.05. The number of phenolic OH excluding ortho intramolecular Hbond substituents is 1.